The highest BCUT2D eigenvalue weighted by Gasteiger charge is 2.11. The van der Waals surface area contributed by atoms with Crippen molar-refractivity contribution in [3.63, 3.8) is 0 Å². The largest absolute Gasteiger partial charge is 0.391 e. The van der Waals surface area contributed by atoms with Crippen molar-refractivity contribution in [2.24, 2.45) is 0 Å². The third-order valence-electron chi connectivity index (χ3n) is 2.64. The van der Waals surface area contributed by atoms with Gasteiger partial charge in [-0.25, -0.2) is 0 Å². The number of nitrogens with zero attached hydrogens (tertiary/aromatic N) is 1. The van der Waals surface area contributed by atoms with E-state index in [2.05, 4.69) is 35.0 Å². The molecule has 0 radical (unpaired) electrons. The molecule has 0 heterocycles. The third kappa shape index (κ3) is 5.40. The first-order chi connectivity index (χ1) is 7.19. The van der Waals surface area contributed by atoms with Gasteiger partial charge in [-0.2, -0.15) is 5.26 Å². The molecule has 0 aliphatic carbocycles. The van der Waals surface area contributed by atoms with E-state index in [1.54, 1.807) is 0 Å². The fourth-order valence-electron chi connectivity index (χ4n) is 1.39. The van der Waals surface area contributed by atoms with Crippen molar-refractivity contribution in [1.29, 1.82) is 5.26 Å². The molecule has 0 aliphatic rings. The van der Waals surface area contributed by atoms with Crippen molar-refractivity contribution in [1.82, 2.24) is 16.0 Å². The van der Waals surface area contributed by atoms with Crippen LogP contribution >= 0.6 is 0 Å². The first-order valence-electron chi connectivity index (χ1n) is 5.27. The number of nitriles is 1. The Labute approximate surface area is 92.7 Å². The minimum absolute atomic E-state index is 0.386. The van der Waals surface area contributed by atoms with Gasteiger partial charge in [-0.3, -0.25) is 0 Å². The lowest BCUT2D eigenvalue weighted by Gasteiger charge is -2.22. The quantitative estimate of drug-likeness (QED) is 0.575. The maximum atomic E-state index is 8.59. The van der Waals surface area contributed by atoms with Gasteiger partial charge in [-0.1, -0.05) is 6.08 Å². The highest BCUT2D eigenvalue weighted by atomic mass is 15.0. The maximum absolute atomic E-state index is 8.59. The zero-order chi connectivity index (χ0) is 11.7. The summed E-state index contributed by atoms with van der Waals surface area (Å²) in [5.41, 5.74) is 0.987. The second-order valence-electron chi connectivity index (χ2n) is 3.52. The van der Waals surface area contributed by atoms with Crippen LogP contribution in [0.1, 0.15) is 19.8 Å². The summed E-state index contributed by atoms with van der Waals surface area (Å²) in [4.78, 5) is 0. The van der Waals surface area contributed by atoms with Gasteiger partial charge in [0.2, 0.25) is 0 Å². The highest BCUT2D eigenvalue weighted by Crippen LogP contribution is 2.03. The predicted molar refractivity (Wildman–Crippen MR) is 63.4 cm³/mol. The molecule has 0 amide bonds. The minimum atomic E-state index is 0.386. The van der Waals surface area contributed by atoms with Crippen molar-refractivity contribution in [2.45, 2.75) is 31.8 Å². The average molecular weight is 210 g/mol. The van der Waals surface area contributed by atoms with Crippen molar-refractivity contribution in [2.75, 3.05) is 21.1 Å². The van der Waals surface area contributed by atoms with Crippen LogP contribution in [0, 0.1) is 11.3 Å². The summed E-state index contributed by atoms with van der Waals surface area (Å²) in [5, 5.41) is 18.1. The lowest BCUT2D eigenvalue weighted by Crippen LogP contribution is -2.43. The van der Waals surface area contributed by atoms with Crippen LogP contribution in [0.4, 0.5) is 0 Å². The number of likely N-dealkylation sites (N-methyl/N-ethyl adjacent to an activating group) is 2. The minimum Gasteiger partial charge on any atom is -0.391 e. The Morgan fingerprint density at radius 3 is 2.40 bits per heavy atom. The molecule has 4 heteroatoms. The summed E-state index contributed by atoms with van der Waals surface area (Å²) >= 11 is 0. The van der Waals surface area contributed by atoms with E-state index in [1.807, 2.05) is 21.1 Å². The lowest BCUT2D eigenvalue weighted by atomic mass is 10.1. The van der Waals surface area contributed by atoms with E-state index in [4.69, 9.17) is 5.26 Å². The van der Waals surface area contributed by atoms with E-state index >= 15 is 0 Å². The fourth-order valence-corrected chi connectivity index (χ4v) is 1.39. The standard InChI is InChI=1S/C11H22N4/c1-9(13-2)11(15-4)6-5-10(14-3)7-8-12/h5,9,11,13-15H,6-7H2,1-4H3. The fraction of sp³-hybridized carbons (Fsp3) is 0.727. The predicted octanol–water partition coefficient (Wildman–Crippen LogP) is 0.589. The van der Waals surface area contributed by atoms with Crippen LogP contribution in [-0.4, -0.2) is 33.2 Å². The number of nitrogens with one attached hydrogen (secondary N) is 3. The summed E-state index contributed by atoms with van der Waals surface area (Å²) < 4.78 is 0. The molecular weight excluding hydrogens is 188 g/mol. The van der Waals surface area contributed by atoms with E-state index in [0.29, 0.717) is 18.5 Å². The molecule has 0 aromatic carbocycles. The first-order valence-corrected chi connectivity index (χ1v) is 5.27. The molecule has 3 N–H and O–H groups in total. The first kappa shape index (κ1) is 13.9. The molecule has 0 spiro atoms. The molecule has 0 fully saturated rings. The Balaban J connectivity index is 4.23. The van der Waals surface area contributed by atoms with Gasteiger partial charge in [0, 0.05) is 24.8 Å². The summed E-state index contributed by atoms with van der Waals surface area (Å²) in [7, 11) is 5.75. The topological polar surface area (TPSA) is 59.9 Å². The van der Waals surface area contributed by atoms with Gasteiger partial charge in [0.15, 0.2) is 0 Å². The van der Waals surface area contributed by atoms with Crippen LogP contribution in [0.25, 0.3) is 0 Å². The van der Waals surface area contributed by atoms with Crippen LogP contribution in [0.2, 0.25) is 0 Å². The van der Waals surface area contributed by atoms with E-state index < -0.39 is 0 Å². The number of hydrogen-bond acceptors (Lipinski definition) is 4. The molecule has 2 unspecified atom stereocenters. The second-order valence-corrected chi connectivity index (χ2v) is 3.52. The number of hydrogen-bond donors (Lipinski definition) is 3. The van der Waals surface area contributed by atoms with Crippen LogP contribution in [0.15, 0.2) is 11.8 Å². The number of allylic oxidation sites excluding steroid dienone is 1. The van der Waals surface area contributed by atoms with Crippen molar-refractivity contribution < 1.29 is 0 Å². The molecule has 0 aromatic rings. The second kappa shape index (κ2) is 8.27. The molecule has 2 atom stereocenters. The molecule has 0 aliphatic heterocycles. The summed E-state index contributed by atoms with van der Waals surface area (Å²) in [5.74, 6) is 0. The van der Waals surface area contributed by atoms with Gasteiger partial charge < -0.3 is 16.0 Å². The molecule has 0 aromatic heterocycles. The van der Waals surface area contributed by atoms with Gasteiger partial charge in [0.1, 0.15) is 0 Å². The molecule has 0 saturated carbocycles. The Morgan fingerprint density at radius 2 is 2.00 bits per heavy atom. The van der Waals surface area contributed by atoms with Gasteiger partial charge in [0.25, 0.3) is 0 Å². The zero-order valence-electron chi connectivity index (χ0n) is 10.1. The SMILES string of the molecule is CNC(=CCC(NC)C(C)NC)CC#N. The Hall–Kier alpha value is -1.05. The van der Waals surface area contributed by atoms with Gasteiger partial charge in [-0.05, 0) is 27.4 Å². The van der Waals surface area contributed by atoms with E-state index in [-0.39, 0.29) is 0 Å². The highest BCUT2D eigenvalue weighted by molar-refractivity contribution is 5.06. The summed E-state index contributed by atoms with van der Waals surface area (Å²) in [6.07, 6.45) is 3.44. The smallest absolute Gasteiger partial charge is 0.0745 e. The Kier molecular flexibility index (Phi) is 7.69. The zero-order valence-corrected chi connectivity index (χ0v) is 10.1. The Morgan fingerprint density at radius 1 is 1.33 bits per heavy atom. The third-order valence-corrected chi connectivity index (χ3v) is 2.64. The van der Waals surface area contributed by atoms with Crippen LogP contribution < -0.4 is 16.0 Å². The van der Waals surface area contributed by atoms with Gasteiger partial charge >= 0.3 is 0 Å². The normalized spacial score (nSPS) is 15.5. The average Bonchev–Trinajstić information content (AvgIpc) is 2.27. The molecule has 15 heavy (non-hydrogen) atoms. The number of rotatable bonds is 7. The van der Waals surface area contributed by atoms with E-state index in [0.717, 1.165) is 12.1 Å². The van der Waals surface area contributed by atoms with Crippen LogP contribution in [0.3, 0.4) is 0 Å². The van der Waals surface area contributed by atoms with E-state index in [9.17, 15) is 0 Å². The summed E-state index contributed by atoms with van der Waals surface area (Å²) in [6.45, 7) is 2.14. The summed E-state index contributed by atoms with van der Waals surface area (Å²) in [6, 6.07) is 2.93. The van der Waals surface area contributed by atoms with Gasteiger partial charge in [-0.15, -0.1) is 0 Å². The van der Waals surface area contributed by atoms with Crippen LogP contribution in [-0.2, 0) is 0 Å². The lowest BCUT2D eigenvalue weighted by molar-refractivity contribution is 0.434. The molecular formula is C11H22N4. The molecule has 0 bridgehead atoms. The maximum Gasteiger partial charge on any atom is 0.0745 e. The molecule has 4 nitrogen and oxygen atoms in total. The van der Waals surface area contributed by atoms with Crippen molar-refractivity contribution in [3.05, 3.63) is 11.8 Å². The van der Waals surface area contributed by atoms with Crippen molar-refractivity contribution in [3.8, 4) is 6.07 Å². The molecule has 86 valence electrons. The monoisotopic (exact) mass is 210 g/mol. The molecule has 0 rings (SSSR count). The van der Waals surface area contributed by atoms with Gasteiger partial charge in [0.05, 0.1) is 12.5 Å². The van der Waals surface area contributed by atoms with E-state index in [1.165, 1.54) is 0 Å². The van der Waals surface area contributed by atoms with Crippen LogP contribution in [0.5, 0.6) is 0 Å². The molecule has 0 saturated heterocycles. The van der Waals surface area contributed by atoms with Crippen molar-refractivity contribution >= 4 is 0 Å². The Bertz CT molecular complexity index is 229.